The van der Waals surface area contributed by atoms with Gasteiger partial charge in [-0.1, -0.05) is 31.9 Å². The first-order valence-corrected chi connectivity index (χ1v) is 5.76. The largest absolute Gasteiger partial charge is 0.325 e. The van der Waals surface area contributed by atoms with E-state index in [-0.39, 0.29) is 5.78 Å². The zero-order chi connectivity index (χ0) is 12.0. The Labute approximate surface area is 96.0 Å². The third-order valence-corrected chi connectivity index (χ3v) is 2.49. The van der Waals surface area contributed by atoms with E-state index in [0.717, 1.165) is 18.5 Å². The minimum absolute atomic E-state index is 0.203. The Morgan fingerprint density at radius 3 is 2.94 bits per heavy atom. The predicted molar refractivity (Wildman–Crippen MR) is 61.6 cm³/mol. The molecule has 1 atom stereocenters. The summed E-state index contributed by atoms with van der Waals surface area (Å²) in [5.41, 5.74) is 6.13. The molecule has 0 spiro atoms. The molecule has 1 heterocycles. The maximum absolute atomic E-state index is 11.7. The topological polar surface area (TPSA) is 73.8 Å². The van der Waals surface area contributed by atoms with Gasteiger partial charge in [-0.05, 0) is 5.92 Å². The van der Waals surface area contributed by atoms with E-state index < -0.39 is 0 Å². The average molecular weight is 224 g/mol. The van der Waals surface area contributed by atoms with Gasteiger partial charge in [-0.3, -0.25) is 4.79 Å². The van der Waals surface area contributed by atoms with E-state index in [2.05, 4.69) is 24.2 Å². The molecule has 1 aromatic rings. The van der Waals surface area contributed by atoms with Crippen LogP contribution in [0.3, 0.4) is 0 Å². The van der Waals surface area contributed by atoms with Crippen LogP contribution in [0.25, 0.3) is 0 Å². The van der Waals surface area contributed by atoms with Crippen molar-refractivity contribution in [3.05, 3.63) is 11.9 Å². The maximum atomic E-state index is 11.7. The molecule has 5 heteroatoms. The first kappa shape index (κ1) is 12.8. The summed E-state index contributed by atoms with van der Waals surface area (Å²) in [5.74, 6) is 0.657. The first-order chi connectivity index (χ1) is 7.65. The minimum Gasteiger partial charge on any atom is -0.325 e. The van der Waals surface area contributed by atoms with Gasteiger partial charge in [-0.25, -0.2) is 4.68 Å². The standard InChI is InChI=1S/C11H20N4O/c1-3-4-9(2)5-11(16)8-15-7-10(6-12)13-14-15/h7,9H,3-6,8,12H2,1-2H3. The summed E-state index contributed by atoms with van der Waals surface area (Å²) in [4.78, 5) is 11.7. The van der Waals surface area contributed by atoms with Crippen LogP contribution in [-0.4, -0.2) is 20.8 Å². The fraction of sp³-hybridized carbons (Fsp3) is 0.727. The molecule has 16 heavy (non-hydrogen) atoms. The van der Waals surface area contributed by atoms with Crippen molar-refractivity contribution in [2.45, 2.75) is 46.2 Å². The Bertz CT molecular complexity index is 334. The van der Waals surface area contributed by atoms with E-state index in [4.69, 9.17) is 5.73 Å². The Kier molecular flexibility index (Phi) is 5.11. The van der Waals surface area contributed by atoms with E-state index in [9.17, 15) is 4.79 Å². The highest BCUT2D eigenvalue weighted by molar-refractivity contribution is 5.78. The monoisotopic (exact) mass is 224 g/mol. The normalized spacial score (nSPS) is 12.7. The molecule has 0 amide bonds. The second-order valence-electron chi connectivity index (χ2n) is 4.25. The van der Waals surface area contributed by atoms with Crippen LogP contribution in [-0.2, 0) is 17.9 Å². The van der Waals surface area contributed by atoms with Gasteiger partial charge >= 0.3 is 0 Å². The predicted octanol–water partition coefficient (Wildman–Crippen LogP) is 1.13. The van der Waals surface area contributed by atoms with E-state index in [0.29, 0.717) is 25.4 Å². The highest BCUT2D eigenvalue weighted by Gasteiger charge is 2.10. The number of hydrogen-bond donors (Lipinski definition) is 1. The number of carbonyl (C=O) groups excluding carboxylic acids is 1. The third kappa shape index (κ3) is 4.10. The Hall–Kier alpha value is -1.23. The maximum Gasteiger partial charge on any atom is 0.154 e. The van der Waals surface area contributed by atoms with E-state index in [1.54, 1.807) is 10.9 Å². The fourth-order valence-electron chi connectivity index (χ4n) is 1.74. The van der Waals surface area contributed by atoms with E-state index in [1.807, 2.05) is 0 Å². The van der Waals surface area contributed by atoms with Gasteiger partial charge in [0.05, 0.1) is 11.9 Å². The minimum atomic E-state index is 0.203. The highest BCUT2D eigenvalue weighted by atomic mass is 16.1. The molecule has 0 saturated carbocycles. The number of Topliss-reactive ketones (excluding diaryl/α,β-unsaturated/α-hetero) is 1. The number of hydrogen-bond acceptors (Lipinski definition) is 4. The van der Waals surface area contributed by atoms with Crippen LogP contribution >= 0.6 is 0 Å². The van der Waals surface area contributed by atoms with Crippen molar-refractivity contribution in [3.63, 3.8) is 0 Å². The van der Waals surface area contributed by atoms with E-state index in [1.165, 1.54) is 0 Å². The van der Waals surface area contributed by atoms with Crippen molar-refractivity contribution in [1.82, 2.24) is 15.0 Å². The fourth-order valence-corrected chi connectivity index (χ4v) is 1.74. The van der Waals surface area contributed by atoms with Crippen LogP contribution in [0.4, 0.5) is 0 Å². The van der Waals surface area contributed by atoms with Crippen molar-refractivity contribution in [2.75, 3.05) is 0 Å². The lowest BCUT2D eigenvalue weighted by Crippen LogP contribution is -2.13. The summed E-state index contributed by atoms with van der Waals surface area (Å²) in [6.45, 7) is 4.90. The molecule has 90 valence electrons. The Morgan fingerprint density at radius 1 is 1.62 bits per heavy atom. The van der Waals surface area contributed by atoms with Gasteiger partial charge in [0.25, 0.3) is 0 Å². The summed E-state index contributed by atoms with van der Waals surface area (Å²) < 4.78 is 1.56. The molecule has 0 fully saturated rings. The van der Waals surface area contributed by atoms with Gasteiger partial charge in [0.2, 0.25) is 0 Å². The number of nitrogens with zero attached hydrogens (tertiary/aromatic N) is 3. The number of rotatable bonds is 7. The number of ketones is 1. The van der Waals surface area contributed by atoms with Crippen LogP contribution in [0.1, 0.15) is 38.8 Å². The van der Waals surface area contributed by atoms with Crippen molar-refractivity contribution in [2.24, 2.45) is 11.7 Å². The van der Waals surface area contributed by atoms with Crippen LogP contribution in [0.2, 0.25) is 0 Å². The second-order valence-corrected chi connectivity index (χ2v) is 4.25. The molecular formula is C11H20N4O. The molecule has 0 aliphatic carbocycles. The Morgan fingerprint density at radius 2 is 2.38 bits per heavy atom. The number of aromatic nitrogens is 3. The van der Waals surface area contributed by atoms with Crippen molar-refractivity contribution < 1.29 is 4.79 Å². The zero-order valence-electron chi connectivity index (χ0n) is 10.0. The van der Waals surface area contributed by atoms with Gasteiger partial charge in [0.15, 0.2) is 5.78 Å². The van der Waals surface area contributed by atoms with E-state index >= 15 is 0 Å². The molecule has 0 saturated heterocycles. The number of carbonyl (C=O) groups is 1. The molecule has 0 aliphatic heterocycles. The van der Waals surface area contributed by atoms with Crippen LogP contribution in [0, 0.1) is 5.92 Å². The molecule has 0 bridgehead atoms. The summed E-state index contributed by atoms with van der Waals surface area (Å²) in [6.07, 6.45) is 4.56. The van der Waals surface area contributed by atoms with Crippen LogP contribution in [0.15, 0.2) is 6.20 Å². The molecule has 0 aromatic carbocycles. The molecule has 5 nitrogen and oxygen atoms in total. The molecule has 0 radical (unpaired) electrons. The zero-order valence-corrected chi connectivity index (χ0v) is 10.0. The number of nitrogens with two attached hydrogens (primary N) is 1. The average Bonchev–Trinajstić information content (AvgIpc) is 2.65. The van der Waals surface area contributed by atoms with Crippen molar-refractivity contribution >= 4 is 5.78 Å². The van der Waals surface area contributed by atoms with Gasteiger partial charge in [0.1, 0.15) is 6.54 Å². The summed E-state index contributed by atoms with van der Waals surface area (Å²) in [7, 11) is 0. The van der Waals surface area contributed by atoms with Crippen LogP contribution < -0.4 is 5.73 Å². The van der Waals surface area contributed by atoms with Crippen molar-refractivity contribution in [1.29, 1.82) is 0 Å². The van der Waals surface area contributed by atoms with Crippen molar-refractivity contribution in [3.8, 4) is 0 Å². The Balaban J connectivity index is 2.39. The molecule has 1 aromatic heterocycles. The lowest BCUT2D eigenvalue weighted by molar-refractivity contribution is -0.120. The van der Waals surface area contributed by atoms with Gasteiger partial charge in [-0.15, -0.1) is 5.10 Å². The molecule has 1 rings (SSSR count). The van der Waals surface area contributed by atoms with Crippen LogP contribution in [0.5, 0.6) is 0 Å². The molecule has 0 aliphatic rings. The first-order valence-electron chi connectivity index (χ1n) is 5.76. The molecular weight excluding hydrogens is 204 g/mol. The summed E-state index contributed by atoms with van der Waals surface area (Å²) in [5, 5.41) is 7.69. The van der Waals surface area contributed by atoms with Gasteiger partial charge in [0, 0.05) is 13.0 Å². The van der Waals surface area contributed by atoms with Gasteiger partial charge < -0.3 is 5.73 Å². The quantitative estimate of drug-likeness (QED) is 0.753. The summed E-state index contributed by atoms with van der Waals surface area (Å²) in [6, 6.07) is 0. The summed E-state index contributed by atoms with van der Waals surface area (Å²) >= 11 is 0. The third-order valence-electron chi connectivity index (χ3n) is 2.49. The lowest BCUT2D eigenvalue weighted by atomic mass is 10.00. The second kappa shape index (κ2) is 6.37. The van der Waals surface area contributed by atoms with Gasteiger partial charge in [-0.2, -0.15) is 0 Å². The highest BCUT2D eigenvalue weighted by Crippen LogP contribution is 2.10. The molecule has 2 N–H and O–H groups in total. The SMILES string of the molecule is CCCC(C)CC(=O)Cn1cc(CN)nn1. The lowest BCUT2D eigenvalue weighted by Gasteiger charge is -2.08. The molecule has 1 unspecified atom stereocenters. The smallest absolute Gasteiger partial charge is 0.154 e.